The molecule has 1 aromatic carbocycles. The van der Waals surface area contributed by atoms with Crippen LogP contribution in [0.1, 0.15) is 38.3 Å². The summed E-state index contributed by atoms with van der Waals surface area (Å²) in [6, 6.07) is 7.68. The summed E-state index contributed by atoms with van der Waals surface area (Å²) in [7, 11) is 0. The number of hydrogen-bond donors (Lipinski definition) is 1. The van der Waals surface area contributed by atoms with Gasteiger partial charge in [0.25, 0.3) is 0 Å². The summed E-state index contributed by atoms with van der Waals surface area (Å²) in [4.78, 5) is 12.8. The van der Waals surface area contributed by atoms with Crippen molar-refractivity contribution in [3.8, 4) is 0 Å². The number of nitrogens with zero attached hydrogens (tertiary/aromatic N) is 4. The minimum absolute atomic E-state index is 0.0528. The van der Waals surface area contributed by atoms with Gasteiger partial charge in [-0.1, -0.05) is 47.0 Å². The quantitative estimate of drug-likeness (QED) is 0.831. The van der Waals surface area contributed by atoms with Gasteiger partial charge >= 0.3 is 0 Å². The molecule has 0 fully saturated rings. The average molecular weight is 374 g/mol. The average Bonchev–Trinajstić information content (AvgIpc) is 2.92. The summed E-state index contributed by atoms with van der Waals surface area (Å²) < 4.78 is 2.69. The number of ketones is 1. The van der Waals surface area contributed by atoms with Crippen LogP contribution in [-0.2, 0) is 4.79 Å². The highest BCUT2D eigenvalue weighted by molar-refractivity contribution is 9.10. The molecule has 7 heteroatoms. The molecule has 0 bridgehead atoms. The molecule has 6 nitrogen and oxygen atoms in total. The summed E-state index contributed by atoms with van der Waals surface area (Å²) in [6.07, 6.45) is 1.35. The van der Waals surface area contributed by atoms with E-state index in [1.165, 1.54) is 0 Å². The number of allylic oxidation sites excluding steroid dienone is 2. The Labute approximate surface area is 142 Å². The molecule has 1 atom stereocenters. The van der Waals surface area contributed by atoms with Gasteiger partial charge in [-0.25, -0.2) is 0 Å². The van der Waals surface area contributed by atoms with Crippen molar-refractivity contribution in [2.75, 3.05) is 5.32 Å². The zero-order valence-electron chi connectivity index (χ0n) is 12.9. The number of hydrogen-bond acceptors (Lipinski definition) is 5. The van der Waals surface area contributed by atoms with Gasteiger partial charge in [-0.2, -0.15) is 4.68 Å². The molecule has 0 saturated carbocycles. The van der Waals surface area contributed by atoms with Crippen molar-refractivity contribution < 1.29 is 4.79 Å². The van der Waals surface area contributed by atoms with Crippen LogP contribution in [0, 0.1) is 5.41 Å². The first-order chi connectivity index (χ1) is 10.9. The van der Waals surface area contributed by atoms with Gasteiger partial charge in [0.1, 0.15) is 6.04 Å². The molecule has 2 heterocycles. The third-order valence-electron chi connectivity index (χ3n) is 4.38. The minimum Gasteiger partial charge on any atom is -0.326 e. The summed E-state index contributed by atoms with van der Waals surface area (Å²) in [6.45, 7) is 4.23. The summed E-state index contributed by atoms with van der Waals surface area (Å²) in [5.74, 6) is 0.750. The van der Waals surface area contributed by atoms with Crippen LogP contribution in [0.3, 0.4) is 0 Å². The van der Waals surface area contributed by atoms with Crippen LogP contribution in [0.4, 0.5) is 5.95 Å². The number of aromatic nitrogens is 4. The molecule has 2 aromatic rings. The molecular weight excluding hydrogens is 358 g/mol. The summed E-state index contributed by atoms with van der Waals surface area (Å²) in [5.41, 5.74) is 2.68. The number of benzene rings is 1. The second kappa shape index (κ2) is 4.99. The third-order valence-corrected chi connectivity index (χ3v) is 4.91. The van der Waals surface area contributed by atoms with E-state index in [2.05, 4.69) is 50.6 Å². The van der Waals surface area contributed by atoms with E-state index >= 15 is 0 Å². The van der Waals surface area contributed by atoms with E-state index in [1.54, 1.807) is 4.68 Å². The van der Waals surface area contributed by atoms with Crippen molar-refractivity contribution in [3.05, 3.63) is 45.6 Å². The van der Waals surface area contributed by atoms with Crippen molar-refractivity contribution in [1.29, 1.82) is 0 Å². The minimum atomic E-state index is -0.270. The molecule has 0 amide bonds. The molecule has 1 aliphatic heterocycles. The molecule has 1 aliphatic carbocycles. The lowest BCUT2D eigenvalue weighted by Crippen LogP contribution is -2.36. The van der Waals surface area contributed by atoms with Gasteiger partial charge in [-0.3, -0.25) is 4.79 Å². The van der Waals surface area contributed by atoms with Gasteiger partial charge < -0.3 is 5.32 Å². The number of carbonyl (C=O) groups excluding carboxylic acids is 1. The third kappa shape index (κ3) is 2.39. The highest BCUT2D eigenvalue weighted by Gasteiger charge is 2.41. The Balaban J connectivity index is 1.89. The number of halogens is 1. The van der Waals surface area contributed by atoms with E-state index in [0.29, 0.717) is 12.4 Å². The fourth-order valence-corrected chi connectivity index (χ4v) is 3.69. The van der Waals surface area contributed by atoms with Crippen LogP contribution in [0.5, 0.6) is 0 Å². The van der Waals surface area contributed by atoms with E-state index in [9.17, 15) is 4.79 Å². The van der Waals surface area contributed by atoms with Gasteiger partial charge in [0.2, 0.25) is 5.95 Å². The molecule has 2 aliphatic rings. The molecule has 23 heavy (non-hydrogen) atoms. The number of nitrogens with one attached hydrogen (secondary N) is 1. The van der Waals surface area contributed by atoms with E-state index < -0.39 is 0 Å². The van der Waals surface area contributed by atoms with Crippen molar-refractivity contribution in [2.24, 2.45) is 5.41 Å². The second-order valence-corrected chi connectivity index (χ2v) is 7.77. The number of rotatable bonds is 1. The maximum Gasteiger partial charge on any atom is 0.248 e. The topological polar surface area (TPSA) is 72.7 Å². The van der Waals surface area contributed by atoms with Gasteiger partial charge in [0.05, 0.1) is 0 Å². The van der Waals surface area contributed by atoms with Crippen LogP contribution in [0.2, 0.25) is 0 Å². The zero-order valence-corrected chi connectivity index (χ0v) is 14.5. The highest BCUT2D eigenvalue weighted by atomic mass is 79.9. The maximum absolute atomic E-state index is 12.8. The number of anilines is 1. The lowest BCUT2D eigenvalue weighted by molar-refractivity contribution is -0.118. The van der Waals surface area contributed by atoms with Crippen LogP contribution < -0.4 is 5.32 Å². The number of tetrazole rings is 1. The van der Waals surface area contributed by atoms with Crippen molar-refractivity contribution in [2.45, 2.75) is 32.7 Å². The van der Waals surface area contributed by atoms with Crippen LogP contribution in [0.15, 0.2) is 40.0 Å². The molecule has 118 valence electrons. The predicted molar refractivity (Wildman–Crippen MR) is 88.8 cm³/mol. The summed E-state index contributed by atoms with van der Waals surface area (Å²) >= 11 is 3.45. The largest absolute Gasteiger partial charge is 0.326 e. The van der Waals surface area contributed by atoms with Gasteiger partial charge in [0, 0.05) is 22.2 Å². The first kappa shape index (κ1) is 14.6. The smallest absolute Gasteiger partial charge is 0.248 e. The van der Waals surface area contributed by atoms with Gasteiger partial charge in [0.15, 0.2) is 5.78 Å². The fourth-order valence-electron chi connectivity index (χ4n) is 3.42. The molecule has 1 aromatic heterocycles. The van der Waals surface area contributed by atoms with Crippen molar-refractivity contribution in [1.82, 2.24) is 20.2 Å². The number of Topliss-reactive ketones (excluding diaryl/α,β-unsaturated/α-hetero) is 1. The normalized spacial score (nSPS) is 22.4. The molecule has 0 radical (unpaired) electrons. The maximum atomic E-state index is 12.8. The Morgan fingerprint density at radius 2 is 2.00 bits per heavy atom. The molecule has 0 spiro atoms. The Morgan fingerprint density at radius 3 is 2.74 bits per heavy atom. The molecule has 4 rings (SSSR count). The molecular formula is C16H16BrN5O. The second-order valence-electron chi connectivity index (χ2n) is 6.86. The monoisotopic (exact) mass is 373 g/mol. The van der Waals surface area contributed by atoms with Crippen LogP contribution in [0.25, 0.3) is 0 Å². The standard InChI is InChI=1S/C16H16BrN5O/c1-16(2)7-11-13(12(23)8-16)14(9-3-5-10(17)6-4-9)22-15(18-11)19-20-21-22/h3-6,14H,7-8H2,1-2H3,(H,18,19,21). The number of carbonyl (C=O) groups is 1. The SMILES string of the molecule is CC1(C)CC(=O)C2=C(C1)Nc1nnnn1C2c1ccc(Br)cc1. The Hall–Kier alpha value is -2.02. The first-order valence-electron chi connectivity index (χ1n) is 7.51. The van der Waals surface area contributed by atoms with Crippen LogP contribution >= 0.6 is 15.9 Å². The predicted octanol–water partition coefficient (Wildman–Crippen LogP) is 3.09. The van der Waals surface area contributed by atoms with Gasteiger partial charge in [-0.15, -0.1) is 0 Å². The Bertz CT molecular complexity index is 821. The number of fused-ring (bicyclic) bond motifs is 1. The van der Waals surface area contributed by atoms with Gasteiger partial charge in [-0.05, 0) is 40.0 Å². The Morgan fingerprint density at radius 1 is 1.26 bits per heavy atom. The summed E-state index contributed by atoms with van der Waals surface area (Å²) in [5, 5.41) is 15.2. The molecule has 0 saturated heterocycles. The lowest BCUT2D eigenvalue weighted by atomic mass is 9.73. The van der Waals surface area contributed by atoms with E-state index in [1.807, 2.05) is 24.3 Å². The Kier molecular flexibility index (Phi) is 3.16. The van der Waals surface area contributed by atoms with E-state index in [0.717, 1.165) is 27.7 Å². The zero-order chi connectivity index (χ0) is 16.2. The van der Waals surface area contributed by atoms with E-state index in [4.69, 9.17) is 0 Å². The fraction of sp³-hybridized carbons (Fsp3) is 0.375. The highest BCUT2D eigenvalue weighted by Crippen LogP contribution is 2.44. The van der Waals surface area contributed by atoms with Crippen LogP contribution in [-0.4, -0.2) is 26.0 Å². The van der Waals surface area contributed by atoms with Crippen molar-refractivity contribution >= 4 is 27.7 Å². The molecule has 1 unspecified atom stereocenters. The van der Waals surface area contributed by atoms with E-state index in [-0.39, 0.29) is 17.2 Å². The van der Waals surface area contributed by atoms with Crippen molar-refractivity contribution in [3.63, 3.8) is 0 Å². The molecule has 1 N–H and O–H groups in total. The first-order valence-corrected chi connectivity index (χ1v) is 8.30. The lowest BCUT2D eigenvalue weighted by Gasteiger charge is -2.37.